The van der Waals surface area contributed by atoms with E-state index in [1.807, 2.05) is 0 Å². The highest BCUT2D eigenvalue weighted by atomic mass is 19.3. The maximum Gasteiger partial charge on any atom is 0.342 e. The van der Waals surface area contributed by atoms with Crippen LogP contribution < -0.4 is 0 Å². The number of hydrogen-bond acceptors (Lipinski definition) is 7. The molecule has 0 saturated carbocycles. The SMILES string of the molecule is COC1=CC(=O)C2=C(/C=C/C[C@H](O)[C@H](O)C(=O)/C=C\C[C@H](C)OC2=O)C1(F)F. The van der Waals surface area contributed by atoms with E-state index >= 15 is 0 Å². The molecule has 0 fully saturated rings. The number of ketones is 2. The number of cyclic esters (lactones) is 1. The molecule has 0 saturated heterocycles. The average molecular weight is 398 g/mol. The minimum absolute atomic E-state index is 0.0302. The highest BCUT2D eigenvalue weighted by molar-refractivity contribution is 6.24. The molecule has 2 aliphatic rings. The molecule has 3 atom stereocenters. The first-order valence-electron chi connectivity index (χ1n) is 8.46. The number of methoxy groups -OCH3 is 1. The van der Waals surface area contributed by atoms with Gasteiger partial charge in [0.1, 0.15) is 17.8 Å². The molecule has 1 aliphatic carbocycles. The first-order chi connectivity index (χ1) is 13.1. The Balaban J connectivity index is 2.53. The fourth-order valence-corrected chi connectivity index (χ4v) is 2.70. The molecule has 0 spiro atoms. The number of carbonyl (C=O) groups is 3. The van der Waals surface area contributed by atoms with Crippen LogP contribution in [0.5, 0.6) is 0 Å². The van der Waals surface area contributed by atoms with Gasteiger partial charge in [0.2, 0.25) is 0 Å². The molecule has 2 rings (SSSR count). The molecular weight excluding hydrogens is 378 g/mol. The number of alkyl halides is 2. The van der Waals surface area contributed by atoms with Gasteiger partial charge in [0.05, 0.1) is 13.2 Å². The summed E-state index contributed by atoms with van der Waals surface area (Å²) in [6.07, 6.45) is 0.192. The summed E-state index contributed by atoms with van der Waals surface area (Å²) >= 11 is 0. The molecule has 9 heteroatoms. The summed E-state index contributed by atoms with van der Waals surface area (Å²) in [6, 6.07) is 0. The zero-order valence-electron chi connectivity index (χ0n) is 15.2. The minimum Gasteiger partial charge on any atom is -0.494 e. The molecular formula is C19H20F2O7. The predicted octanol–water partition coefficient (Wildman–Crippen LogP) is 1.16. The number of allylic oxidation sites excluding steroid dienone is 3. The summed E-state index contributed by atoms with van der Waals surface area (Å²) in [7, 11) is 0.962. The second kappa shape index (κ2) is 8.57. The molecule has 0 aromatic carbocycles. The van der Waals surface area contributed by atoms with Crippen LogP contribution in [0.4, 0.5) is 8.78 Å². The number of ether oxygens (including phenoxy) is 2. The molecule has 0 unspecified atom stereocenters. The highest BCUT2D eigenvalue weighted by Gasteiger charge is 2.47. The van der Waals surface area contributed by atoms with E-state index in [1.54, 1.807) is 0 Å². The van der Waals surface area contributed by atoms with E-state index in [2.05, 4.69) is 4.74 Å². The smallest absolute Gasteiger partial charge is 0.342 e. The van der Waals surface area contributed by atoms with Crippen molar-refractivity contribution in [2.75, 3.05) is 7.11 Å². The maximum atomic E-state index is 14.7. The van der Waals surface area contributed by atoms with Gasteiger partial charge < -0.3 is 19.7 Å². The van der Waals surface area contributed by atoms with E-state index in [-0.39, 0.29) is 12.8 Å². The van der Waals surface area contributed by atoms with Crippen LogP contribution in [0.1, 0.15) is 19.8 Å². The van der Waals surface area contributed by atoms with Gasteiger partial charge >= 0.3 is 11.9 Å². The number of esters is 1. The van der Waals surface area contributed by atoms with Gasteiger partial charge in [0.25, 0.3) is 0 Å². The predicted molar refractivity (Wildman–Crippen MR) is 92.2 cm³/mol. The Hall–Kier alpha value is -2.65. The quantitative estimate of drug-likeness (QED) is 0.504. The lowest BCUT2D eigenvalue weighted by Gasteiger charge is -2.26. The van der Waals surface area contributed by atoms with Crippen molar-refractivity contribution in [3.63, 3.8) is 0 Å². The summed E-state index contributed by atoms with van der Waals surface area (Å²) in [5.41, 5.74) is -1.80. The molecule has 0 radical (unpaired) electrons. The fraction of sp³-hybridized carbons (Fsp3) is 0.421. The molecule has 2 N–H and O–H groups in total. The summed E-state index contributed by atoms with van der Waals surface area (Å²) < 4.78 is 39.1. The second-order valence-corrected chi connectivity index (χ2v) is 6.35. The van der Waals surface area contributed by atoms with Crippen LogP contribution in [0.15, 0.2) is 47.3 Å². The highest BCUT2D eigenvalue weighted by Crippen LogP contribution is 2.39. The van der Waals surface area contributed by atoms with E-state index in [1.165, 1.54) is 13.0 Å². The lowest BCUT2D eigenvalue weighted by molar-refractivity contribution is -0.144. The van der Waals surface area contributed by atoms with Gasteiger partial charge in [-0.05, 0) is 19.4 Å². The molecule has 28 heavy (non-hydrogen) atoms. The Morgan fingerprint density at radius 3 is 2.43 bits per heavy atom. The van der Waals surface area contributed by atoms with Crippen LogP contribution in [0.25, 0.3) is 0 Å². The molecule has 152 valence electrons. The topological polar surface area (TPSA) is 110 Å². The van der Waals surface area contributed by atoms with E-state index in [0.29, 0.717) is 6.08 Å². The Bertz CT molecular complexity index is 792. The average Bonchev–Trinajstić information content (AvgIpc) is 2.62. The van der Waals surface area contributed by atoms with E-state index in [9.17, 15) is 33.4 Å². The number of aliphatic hydroxyl groups is 2. The van der Waals surface area contributed by atoms with Crippen LogP contribution >= 0.6 is 0 Å². The maximum absolute atomic E-state index is 14.7. The van der Waals surface area contributed by atoms with Crippen molar-refractivity contribution in [3.05, 3.63) is 47.3 Å². The number of carbonyl (C=O) groups excluding carboxylic acids is 3. The van der Waals surface area contributed by atoms with Gasteiger partial charge in [-0.15, -0.1) is 0 Å². The fourth-order valence-electron chi connectivity index (χ4n) is 2.70. The Kier molecular flexibility index (Phi) is 6.63. The zero-order valence-corrected chi connectivity index (χ0v) is 15.2. The second-order valence-electron chi connectivity index (χ2n) is 6.35. The monoisotopic (exact) mass is 398 g/mol. The van der Waals surface area contributed by atoms with Crippen LogP contribution in [0.3, 0.4) is 0 Å². The van der Waals surface area contributed by atoms with Gasteiger partial charge in [0, 0.05) is 18.1 Å². The third-order valence-electron chi connectivity index (χ3n) is 4.23. The first-order valence-corrected chi connectivity index (χ1v) is 8.46. The van der Waals surface area contributed by atoms with Crippen molar-refractivity contribution in [2.24, 2.45) is 0 Å². The van der Waals surface area contributed by atoms with Gasteiger partial charge in [-0.1, -0.05) is 18.2 Å². The van der Waals surface area contributed by atoms with E-state index in [0.717, 1.165) is 25.3 Å². The Morgan fingerprint density at radius 1 is 1.14 bits per heavy atom. The van der Waals surface area contributed by atoms with Gasteiger partial charge in [-0.2, -0.15) is 8.78 Å². The minimum atomic E-state index is -3.80. The Labute approximate surface area is 159 Å². The summed E-state index contributed by atoms with van der Waals surface area (Å²) in [4.78, 5) is 36.5. The molecule has 7 nitrogen and oxygen atoms in total. The molecule has 1 aliphatic heterocycles. The summed E-state index contributed by atoms with van der Waals surface area (Å²) in [5, 5.41) is 19.7. The molecule has 0 bridgehead atoms. The molecule has 1 heterocycles. The molecule has 0 amide bonds. The molecule has 0 aromatic heterocycles. The van der Waals surface area contributed by atoms with Crippen LogP contribution in [-0.4, -0.2) is 59.1 Å². The van der Waals surface area contributed by atoms with Crippen molar-refractivity contribution in [1.29, 1.82) is 0 Å². The van der Waals surface area contributed by atoms with Crippen molar-refractivity contribution >= 4 is 17.5 Å². The van der Waals surface area contributed by atoms with E-state index < -0.39 is 58.7 Å². The Morgan fingerprint density at radius 2 is 1.79 bits per heavy atom. The van der Waals surface area contributed by atoms with Gasteiger partial charge in [-0.25, -0.2) is 4.79 Å². The van der Waals surface area contributed by atoms with Crippen molar-refractivity contribution < 1.29 is 42.9 Å². The lowest BCUT2D eigenvalue weighted by atomic mass is 9.90. The van der Waals surface area contributed by atoms with Crippen molar-refractivity contribution in [1.82, 2.24) is 0 Å². The third-order valence-corrected chi connectivity index (χ3v) is 4.23. The number of aliphatic hydroxyl groups excluding tert-OH is 2. The first kappa shape index (κ1) is 21.6. The normalized spacial score (nSPS) is 31.3. The van der Waals surface area contributed by atoms with Crippen LogP contribution in [0, 0.1) is 0 Å². The van der Waals surface area contributed by atoms with E-state index in [4.69, 9.17) is 4.74 Å². The van der Waals surface area contributed by atoms with Crippen LogP contribution in [-0.2, 0) is 23.9 Å². The van der Waals surface area contributed by atoms with Gasteiger partial charge in [0.15, 0.2) is 17.3 Å². The molecule has 0 aromatic rings. The zero-order chi connectivity index (χ0) is 21.1. The van der Waals surface area contributed by atoms with Crippen molar-refractivity contribution in [2.45, 2.75) is 44.0 Å². The van der Waals surface area contributed by atoms with Gasteiger partial charge in [-0.3, -0.25) is 9.59 Å². The standard InChI is InChI=1S/C19H20F2O7/c1-10-5-3-7-12(22)17(25)13(23)8-4-6-11-16(18(26)28-10)14(24)9-15(27-2)19(11,20)21/h3-4,6-7,9-10,13,17,23,25H,5,8H2,1-2H3/b6-4+,7-3-/t10-,13-,17+/m0/s1. The number of halogens is 2. The lowest BCUT2D eigenvalue weighted by Crippen LogP contribution is -2.34. The number of rotatable bonds is 1. The summed E-state index contributed by atoms with van der Waals surface area (Å²) in [5.74, 6) is -7.76. The number of hydrogen-bond donors (Lipinski definition) is 2. The third kappa shape index (κ3) is 4.42. The van der Waals surface area contributed by atoms with Crippen LogP contribution in [0.2, 0.25) is 0 Å². The van der Waals surface area contributed by atoms with Crippen molar-refractivity contribution in [3.8, 4) is 0 Å². The largest absolute Gasteiger partial charge is 0.494 e. The summed E-state index contributed by atoms with van der Waals surface area (Å²) in [6.45, 7) is 1.45.